The lowest BCUT2D eigenvalue weighted by atomic mass is 9.91. The number of nitrogens with zero attached hydrogens (tertiary/aromatic N) is 3. The van der Waals surface area contributed by atoms with Crippen LogP contribution < -0.4 is 5.32 Å². The molecule has 1 N–H and O–H groups in total. The number of aromatic nitrogens is 2. The number of alkyl halides is 2. The van der Waals surface area contributed by atoms with Crippen molar-refractivity contribution in [2.45, 2.75) is 37.9 Å². The highest BCUT2D eigenvalue weighted by molar-refractivity contribution is 5.99. The van der Waals surface area contributed by atoms with Crippen LogP contribution >= 0.6 is 0 Å². The molecule has 1 saturated heterocycles. The first-order valence-electron chi connectivity index (χ1n) is 10.1. The van der Waals surface area contributed by atoms with E-state index in [0.717, 1.165) is 30.5 Å². The van der Waals surface area contributed by atoms with Crippen molar-refractivity contribution in [3.63, 3.8) is 0 Å². The molecule has 2 atom stereocenters. The highest BCUT2D eigenvalue weighted by atomic mass is 19.3. The van der Waals surface area contributed by atoms with Crippen LogP contribution in [-0.2, 0) is 6.54 Å². The van der Waals surface area contributed by atoms with Crippen molar-refractivity contribution >= 4 is 5.91 Å². The van der Waals surface area contributed by atoms with E-state index in [2.05, 4.69) is 15.5 Å². The lowest BCUT2D eigenvalue weighted by molar-refractivity contribution is 0.0612. The molecule has 31 heavy (non-hydrogen) atoms. The Morgan fingerprint density at radius 3 is 2.68 bits per heavy atom. The Morgan fingerprint density at radius 1 is 1.13 bits per heavy atom. The smallest absolute Gasteiger partial charge is 0.314 e. The minimum Gasteiger partial charge on any atom is -0.415 e. The van der Waals surface area contributed by atoms with Crippen molar-refractivity contribution in [1.29, 1.82) is 0 Å². The van der Waals surface area contributed by atoms with Crippen LogP contribution in [-0.4, -0.2) is 33.6 Å². The third-order valence-electron chi connectivity index (χ3n) is 5.87. The number of carbonyl (C=O) groups is 1. The molecule has 5 rings (SSSR count). The van der Waals surface area contributed by atoms with E-state index in [9.17, 15) is 18.0 Å². The van der Waals surface area contributed by atoms with Gasteiger partial charge >= 0.3 is 6.43 Å². The van der Waals surface area contributed by atoms with E-state index in [4.69, 9.17) is 4.42 Å². The Bertz CT molecular complexity index is 1120. The normalized spacial score (nSPS) is 21.0. The van der Waals surface area contributed by atoms with Crippen molar-refractivity contribution in [1.82, 2.24) is 20.4 Å². The number of carbonyl (C=O) groups excluding carboxylic acids is 1. The monoisotopic (exact) mass is 428 g/mol. The molecular weight excluding hydrogens is 409 g/mol. The SMILES string of the molecule is O=C1c2cc(-c3nnc(C(F)F)o3)ccc2CN1[C@@H]1CCCN[C@@H]1c1ccc(F)cc1. The van der Waals surface area contributed by atoms with Gasteiger partial charge in [-0.1, -0.05) is 18.2 Å². The summed E-state index contributed by atoms with van der Waals surface area (Å²) < 4.78 is 43.9. The summed E-state index contributed by atoms with van der Waals surface area (Å²) in [5.74, 6) is -1.23. The van der Waals surface area contributed by atoms with Gasteiger partial charge in [-0.25, -0.2) is 4.39 Å². The van der Waals surface area contributed by atoms with Gasteiger partial charge < -0.3 is 14.6 Å². The van der Waals surface area contributed by atoms with Gasteiger partial charge in [0.05, 0.1) is 12.1 Å². The average molecular weight is 428 g/mol. The van der Waals surface area contributed by atoms with Gasteiger partial charge in [-0.2, -0.15) is 8.78 Å². The fourth-order valence-corrected chi connectivity index (χ4v) is 4.38. The molecule has 2 aromatic carbocycles. The van der Waals surface area contributed by atoms with Gasteiger partial charge in [0.25, 0.3) is 11.8 Å². The molecule has 1 fully saturated rings. The van der Waals surface area contributed by atoms with Crippen LogP contribution in [0.4, 0.5) is 13.2 Å². The van der Waals surface area contributed by atoms with E-state index >= 15 is 0 Å². The van der Waals surface area contributed by atoms with Crippen molar-refractivity contribution in [3.8, 4) is 11.5 Å². The van der Waals surface area contributed by atoms with E-state index in [1.807, 2.05) is 4.90 Å². The lowest BCUT2D eigenvalue weighted by Gasteiger charge is -2.39. The van der Waals surface area contributed by atoms with E-state index in [0.29, 0.717) is 17.7 Å². The molecule has 0 aliphatic carbocycles. The van der Waals surface area contributed by atoms with Crippen LogP contribution in [0.25, 0.3) is 11.5 Å². The molecule has 3 aromatic rings. The third-order valence-corrected chi connectivity index (χ3v) is 5.87. The van der Waals surface area contributed by atoms with Gasteiger partial charge in [-0.05, 0) is 54.8 Å². The topological polar surface area (TPSA) is 71.3 Å². The van der Waals surface area contributed by atoms with Gasteiger partial charge in [0, 0.05) is 17.7 Å². The summed E-state index contributed by atoms with van der Waals surface area (Å²) in [5.41, 5.74) is 2.70. The van der Waals surface area contributed by atoms with Gasteiger partial charge in [-0.3, -0.25) is 4.79 Å². The standard InChI is InChI=1S/C22H19F3N4O2/c23-15-7-5-12(6-8-15)18-17(2-1-9-26-18)29-11-14-4-3-13(10-16(14)22(29)30)20-27-28-21(31-20)19(24)25/h3-8,10,17-19,26H,1-2,9,11H2/t17-,18-/m1/s1. The summed E-state index contributed by atoms with van der Waals surface area (Å²) in [6, 6.07) is 11.2. The Kier molecular flexibility index (Phi) is 4.97. The van der Waals surface area contributed by atoms with E-state index < -0.39 is 12.3 Å². The predicted molar refractivity (Wildman–Crippen MR) is 105 cm³/mol. The molecule has 6 nitrogen and oxygen atoms in total. The highest BCUT2D eigenvalue weighted by Crippen LogP contribution is 2.35. The number of fused-ring (bicyclic) bond motifs is 1. The first-order chi connectivity index (χ1) is 15.0. The molecule has 0 spiro atoms. The number of rotatable bonds is 4. The molecule has 0 saturated carbocycles. The Balaban J connectivity index is 1.42. The van der Waals surface area contributed by atoms with Gasteiger partial charge in [0.2, 0.25) is 5.89 Å². The van der Waals surface area contributed by atoms with Crippen LogP contribution in [0.15, 0.2) is 46.9 Å². The van der Waals surface area contributed by atoms with Crippen molar-refractivity contribution in [2.24, 2.45) is 0 Å². The minimum atomic E-state index is -2.85. The summed E-state index contributed by atoms with van der Waals surface area (Å²) in [5, 5.41) is 10.5. The number of piperidine rings is 1. The molecule has 9 heteroatoms. The Morgan fingerprint density at radius 2 is 1.94 bits per heavy atom. The van der Waals surface area contributed by atoms with Gasteiger partial charge in [0.1, 0.15) is 5.82 Å². The summed E-state index contributed by atoms with van der Waals surface area (Å²) in [6.45, 7) is 1.27. The first-order valence-corrected chi connectivity index (χ1v) is 10.1. The van der Waals surface area contributed by atoms with E-state index in [1.54, 1.807) is 30.3 Å². The zero-order valence-electron chi connectivity index (χ0n) is 16.4. The lowest BCUT2D eigenvalue weighted by Crippen LogP contribution is -2.48. The number of nitrogens with one attached hydrogen (secondary N) is 1. The Hall–Kier alpha value is -3.20. The zero-order chi connectivity index (χ0) is 21.5. The second kappa shape index (κ2) is 7.81. The van der Waals surface area contributed by atoms with Gasteiger partial charge in [0.15, 0.2) is 0 Å². The van der Waals surface area contributed by atoms with Crippen LogP contribution in [0, 0.1) is 5.82 Å². The van der Waals surface area contributed by atoms with Crippen molar-refractivity contribution in [3.05, 3.63) is 70.9 Å². The number of benzene rings is 2. The molecule has 3 heterocycles. The maximum atomic E-state index is 13.4. The Labute approximate surface area is 176 Å². The second-order valence-corrected chi connectivity index (χ2v) is 7.74. The van der Waals surface area contributed by atoms with Crippen molar-refractivity contribution < 1.29 is 22.4 Å². The zero-order valence-corrected chi connectivity index (χ0v) is 16.4. The number of amides is 1. The summed E-state index contributed by atoms with van der Waals surface area (Å²) in [7, 11) is 0. The second-order valence-electron chi connectivity index (χ2n) is 7.74. The molecule has 1 amide bonds. The van der Waals surface area contributed by atoms with Gasteiger partial charge in [-0.15, -0.1) is 10.2 Å². The maximum Gasteiger partial charge on any atom is 0.314 e. The number of hydrogen-bond donors (Lipinski definition) is 1. The summed E-state index contributed by atoms with van der Waals surface area (Å²) >= 11 is 0. The molecule has 0 radical (unpaired) electrons. The van der Waals surface area contributed by atoms with Crippen LogP contribution in [0.1, 0.15) is 52.7 Å². The average Bonchev–Trinajstić information content (AvgIpc) is 3.40. The molecular formula is C22H19F3N4O2. The molecule has 1 aromatic heterocycles. The summed E-state index contributed by atoms with van der Waals surface area (Å²) in [6.07, 6.45) is -1.11. The molecule has 2 aliphatic heterocycles. The largest absolute Gasteiger partial charge is 0.415 e. The van der Waals surface area contributed by atoms with E-state index in [1.165, 1.54) is 12.1 Å². The number of halogens is 3. The van der Waals surface area contributed by atoms with Crippen LogP contribution in [0.2, 0.25) is 0 Å². The fourth-order valence-electron chi connectivity index (χ4n) is 4.38. The predicted octanol–water partition coefficient (Wildman–Crippen LogP) is 4.26. The van der Waals surface area contributed by atoms with Crippen LogP contribution in [0.3, 0.4) is 0 Å². The fraction of sp³-hybridized carbons (Fsp3) is 0.318. The van der Waals surface area contributed by atoms with Crippen LogP contribution in [0.5, 0.6) is 0 Å². The quantitative estimate of drug-likeness (QED) is 0.672. The minimum absolute atomic E-state index is 0.0483. The number of hydrogen-bond acceptors (Lipinski definition) is 5. The molecule has 0 bridgehead atoms. The molecule has 0 unspecified atom stereocenters. The highest BCUT2D eigenvalue weighted by Gasteiger charge is 2.38. The molecule has 2 aliphatic rings. The molecule has 160 valence electrons. The maximum absolute atomic E-state index is 13.4. The first kappa shape index (κ1) is 19.7. The van der Waals surface area contributed by atoms with Crippen molar-refractivity contribution in [2.75, 3.05) is 6.54 Å². The third kappa shape index (κ3) is 3.59. The summed E-state index contributed by atoms with van der Waals surface area (Å²) in [4.78, 5) is 15.1. The van der Waals surface area contributed by atoms with E-state index in [-0.39, 0.29) is 29.7 Å².